The minimum atomic E-state index is -4.36. The summed E-state index contributed by atoms with van der Waals surface area (Å²) in [6.45, 7) is 3.10. The number of aliphatic carboxylic acids is 1. The zero-order chi connectivity index (χ0) is 23.1. The number of halogens is 3. The molecule has 1 heterocycles. The Kier molecular flexibility index (Phi) is 7.74. The number of anilines is 2. The summed E-state index contributed by atoms with van der Waals surface area (Å²) in [5, 5.41) is 11.6. The van der Waals surface area contributed by atoms with Crippen LogP contribution in [0.4, 0.5) is 24.5 Å². The van der Waals surface area contributed by atoms with E-state index in [0.29, 0.717) is 56.9 Å². The van der Waals surface area contributed by atoms with E-state index < -0.39 is 17.7 Å². The van der Waals surface area contributed by atoms with Crippen molar-refractivity contribution in [2.45, 2.75) is 25.4 Å². The second kappa shape index (κ2) is 10.5. The standard InChI is InChI=1S/C23H26F3N3O3/c24-23(25,26)18-2-1-3-20(16-18)29-14-12-28(13-15-29)11-10-21(30)27-19-7-4-17(5-8-19)6-9-22(31)32/h1-5,7-8,16H,6,9-15H2,(H,27,30)(H,31,32). The molecule has 1 aliphatic heterocycles. The first-order chi connectivity index (χ1) is 15.2. The maximum Gasteiger partial charge on any atom is 0.416 e. The van der Waals surface area contributed by atoms with Crippen LogP contribution in [0.5, 0.6) is 0 Å². The van der Waals surface area contributed by atoms with E-state index in [9.17, 15) is 22.8 Å². The maximum absolute atomic E-state index is 12.9. The summed E-state index contributed by atoms with van der Waals surface area (Å²) in [5.41, 5.74) is 1.46. The lowest BCUT2D eigenvalue weighted by Gasteiger charge is -2.36. The van der Waals surface area contributed by atoms with Gasteiger partial charge >= 0.3 is 12.1 Å². The third kappa shape index (κ3) is 6.98. The summed E-state index contributed by atoms with van der Waals surface area (Å²) in [6, 6.07) is 12.5. The van der Waals surface area contributed by atoms with Crippen LogP contribution in [0, 0.1) is 0 Å². The van der Waals surface area contributed by atoms with Gasteiger partial charge in [0, 0.05) is 56.9 Å². The highest BCUT2D eigenvalue weighted by molar-refractivity contribution is 5.90. The van der Waals surface area contributed by atoms with Crippen LogP contribution in [-0.4, -0.2) is 54.6 Å². The van der Waals surface area contributed by atoms with Gasteiger partial charge in [-0.3, -0.25) is 14.5 Å². The number of hydrogen-bond donors (Lipinski definition) is 2. The number of amides is 1. The van der Waals surface area contributed by atoms with Gasteiger partial charge in [0.2, 0.25) is 5.91 Å². The molecule has 0 saturated carbocycles. The highest BCUT2D eigenvalue weighted by atomic mass is 19.4. The monoisotopic (exact) mass is 449 g/mol. The number of carbonyl (C=O) groups excluding carboxylic acids is 1. The molecule has 0 aliphatic carbocycles. The summed E-state index contributed by atoms with van der Waals surface area (Å²) in [7, 11) is 0. The zero-order valence-electron chi connectivity index (χ0n) is 17.6. The Bertz CT molecular complexity index is 924. The SMILES string of the molecule is O=C(O)CCc1ccc(NC(=O)CCN2CCN(c3cccc(C(F)(F)F)c3)CC2)cc1. The maximum atomic E-state index is 12.9. The van der Waals surface area contributed by atoms with Gasteiger partial charge < -0.3 is 15.3 Å². The van der Waals surface area contributed by atoms with Crippen molar-refractivity contribution in [3.63, 3.8) is 0 Å². The number of alkyl halides is 3. The molecule has 0 unspecified atom stereocenters. The molecule has 172 valence electrons. The Balaban J connectivity index is 1.41. The number of hydrogen-bond acceptors (Lipinski definition) is 4. The van der Waals surface area contributed by atoms with Crippen LogP contribution >= 0.6 is 0 Å². The predicted octanol–water partition coefficient (Wildman–Crippen LogP) is 3.87. The van der Waals surface area contributed by atoms with E-state index in [0.717, 1.165) is 11.6 Å². The number of carboxylic acid groups (broad SMARTS) is 1. The van der Waals surface area contributed by atoms with Crippen molar-refractivity contribution < 1.29 is 27.9 Å². The van der Waals surface area contributed by atoms with Crippen LogP contribution in [-0.2, 0) is 22.2 Å². The van der Waals surface area contributed by atoms with Gasteiger partial charge in [-0.1, -0.05) is 18.2 Å². The van der Waals surface area contributed by atoms with Crippen molar-refractivity contribution in [3.05, 3.63) is 59.7 Å². The Hall–Kier alpha value is -3.07. The number of aryl methyl sites for hydroxylation is 1. The number of nitrogens with zero attached hydrogens (tertiary/aromatic N) is 2. The molecule has 2 N–H and O–H groups in total. The fourth-order valence-corrected chi connectivity index (χ4v) is 3.60. The molecule has 0 bridgehead atoms. The first-order valence-electron chi connectivity index (χ1n) is 10.5. The first kappa shape index (κ1) is 23.6. The van der Waals surface area contributed by atoms with Gasteiger partial charge in [-0.2, -0.15) is 13.2 Å². The van der Waals surface area contributed by atoms with E-state index in [1.54, 1.807) is 30.3 Å². The van der Waals surface area contributed by atoms with Crippen molar-refractivity contribution in [3.8, 4) is 0 Å². The third-order valence-corrected chi connectivity index (χ3v) is 5.43. The van der Waals surface area contributed by atoms with Gasteiger partial charge in [-0.25, -0.2) is 0 Å². The third-order valence-electron chi connectivity index (χ3n) is 5.43. The highest BCUT2D eigenvalue weighted by Crippen LogP contribution is 2.31. The molecule has 0 radical (unpaired) electrons. The van der Waals surface area contributed by atoms with E-state index in [4.69, 9.17) is 5.11 Å². The molecule has 9 heteroatoms. The quantitative estimate of drug-likeness (QED) is 0.640. The van der Waals surface area contributed by atoms with E-state index in [-0.39, 0.29) is 12.3 Å². The number of carboxylic acids is 1. The van der Waals surface area contributed by atoms with Crippen LogP contribution in [0.15, 0.2) is 48.5 Å². The smallest absolute Gasteiger partial charge is 0.416 e. The topological polar surface area (TPSA) is 72.9 Å². The molecule has 0 atom stereocenters. The minimum Gasteiger partial charge on any atom is -0.481 e. The molecule has 1 aliphatic rings. The summed E-state index contributed by atoms with van der Waals surface area (Å²) >= 11 is 0. The summed E-state index contributed by atoms with van der Waals surface area (Å²) < 4.78 is 38.8. The fraction of sp³-hybridized carbons (Fsp3) is 0.391. The lowest BCUT2D eigenvalue weighted by molar-refractivity contribution is -0.138. The van der Waals surface area contributed by atoms with Gasteiger partial charge in [-0.05, 0) is 42.3 Å². The van der Waals surface area contributed by atoms with E-state index in [1.165, 1.54) is 12.1 Å². The van der Waals surface area contributed by atoms with Crippen molar-refractivity contribution in [2.75, 3.05) is 42.9 Å². The molecular weight excluding hydrogens is 423 g/mol. The molecular formula is C23H26F3N3O3. The number of piperazine rings is 1. The average molecular weight is 449 g/mol. The number of rotatable bonds is 8. The van der Waals surface area contributed by atoms with Crippen molar-refractivity contribution in [1.29, 1.82) is 0 Å². The van der Waals surface area contributed by atoms with Gasteiger partial charge in [0.1, 0.15) is 0 Å². The largest absolute Gasteiger partial charge is 0.481 e. The Morgan fingerprint density at radius 1 is 0.969 bits per heavy atom. The normalized spacial score (nSPS) is 14.9. The van der Waals surface area contributed by atoms with Crippen molar-refractivity contribution in [2.24, 2.45) is 0 Å². The number of nitrogens with one attached hydrogen (secondary N) is 1. The van der Waals surface area contributed by atoms with Gasteiger partial charge in [0.25, 0.3) is 0 Å². The molecule has 2 aromatic carbocycles. The molecule has 2 aromatic rings. The summed E-state index contributed by atoms with van der Waals surface area (Å²) in [5.74, 6) is -0.971. The van der Waals surface area contributed by atoms with Crippen LogP contribution in [0.25, 0.3) is 0 Å². The molecule has 0 aromatic heterocycles. The number of carbonyl (C=O) groups is 2. The van der Waals surface area contributed by atoms with E-state index in [1.807, 2.05) is 4.90 Å². The van der Waals surface area contributed by atoms with Crippen LogP contribution in [0.3, 0.4) is 0 Å². The Morgan fingerprint density at radius 3 is 2.28 bits per heavy atom. The molecule has 32 heavy (non-hydrogen) atoms. The molecule has 1 amide bonds. The fourth-order valence-electron chi connectivity index (χ4n) is 3.60. The van der Waals surface area contributed by atoms with Gasteiger partial charge in [-0.15, -0.1) is 0 Å². The van der Waals surface area contributed by atoms with E-state index in [2.05, 4.69) is 10.2 Å². The number of benzene rings is 2. The van der Waals surface area contributed by atoms with Crippen LogP contribution in [0.1, 0.15) is 24.0 Å². The first-order valence-corrected chi connectivity index (χ1v) is 10.5. The zero-order valence-corrected chi connectivity index (χ0v) is 17.6. The molecule has 0 spiro atoms. The lowest BCUT2D eigenvalue weighted by Crippen LogP contribution is -2.47. The molecule has 1 saturated heterocycles. The molecule has 1 fully saturated rings. The van der Waals surface area contributed by atoms with Gasteiger partial charge in [0.15, 0.2) is 0 Å². The Morgan fingerprint density at radius 2 is 1.66 bits per heavy atom. The molecule has 3 rings (SSSR count). The van der Waals surface area contributed by atoms with Crippen molar-refractivity contribution in [1.82, 2.24) is 4.90 Å². The predicted molar refractivity (Wildman–Crippen MR) is 116 cm³/mol. The second-order valence-corrected chi connectivity index (χ2v) is 7.77. The summed E-state index contributed by atoms with van der Waals surface area (Å²) in [4.78, 5) is 26.9. The Labute approximate surface area is 184 Å². The van der Waals surface area contributed by atoms with Crippen molar-refractivity contribution >= 4 is 23.3 Å². The molecule has 6 nitrogen and oxygen atoms in total. The highest BCUT2D eigenvalue weighted by Gasteiger charge is 2.31. The minimum absolute atomic E-state index is 0.0622. The summed E-state index contributed by atoms with van der Waals surface area (Å²) in [6.07, 6.45) is -3.54. The average Bonchev–Trinajstić information content (AvgIpc) is 2.77. The van der Waals surface area contributed by atoms with Crippen LogP contribution in [0.2, 0.25) is 0 Å². The van der Waals surface area contributed by atoms with Gasteiger partial charge in [0.05, 0.1) is 5.56 Å². The van der Waals surface area contributed by atoms with Crippen LogP contribution < -0.4 is 10.2 Å². The van der Waals surface area contributed by atoms with E-state index >= 15 is 0 Å². The second-order valence-electron chi connectivity index (χ2n) is 7.77. The lowest BCUT2D eigenvalue weighted by atomic mass is 10.1.